The minimum Gasteiger partial charge on any atom is -0.397 e. The molecule has 5 heteroatoms. The number of amides is 1. The standard InChI is InChI=1S/C12H19N3O2/c1-14-12(17)9-4-5-10(13)11(8-9)15-6-2-3-7-16/h4-5,8,15-16H,2-3,6-7,13H2,1H3,(H,14,17). The van der Waals surface area contributed by atoms with E-state index in [9.17, 15) is 4.79 Å². The summed E-state index contributed by atoms with van der Waals surface area (Å²) < 4.78 is 0. The van der Waals surface area contributed by atoms with Crippen molar-refractivity contribution >= 4 is 17.3 Å². The van der Waals surface area contributed by atoms with Crippen LogP contribution in [0, 0.1) is 0 Å². The van der Waals surface area contributed by atoms with Gasteiger partial charge in [-0.1, -0.05) is 0 Å². The molecule has 0 bridgehead atoms. The summed E-state index contributed by atoms with van der Waals surface area (Å²) in [5.74, 6) is -0.136. The Morgan fingerprint density at radius 2 is 2.18 bits per heavy atom. The molecular formula is C12H19N3O2. The van der Waals surface area contributed by atoms with Gasteiger partial charge in [0, 0.05) is 25.8 Å². The van der Waals surface area contributed by atoms with E-state index in [-0.39, 0.29) is 12.5 Å². The maximum Gasteiger partial charge on any atom is 0.251 e. The molecule has 94 valence electrons. The van der Waals surface area contributed by atoms with Gasteiger partial charge in [0.2, 0.25) is 0 Å². The number of hydrogen-bond donors (Lipinski definition) is 4. The Balaban J connectivity index is 2.66. The zero-order valence-electron chi connectivity index (χ0n) is 9.99. The van der Waals surface area contributed by atoms with Crippen LogP contribution < -0.4 is 16.4 Å². The largest absolute Gasteiger partial charge is 0.397 e. The van der Waals surface area contributed by atoms with Crippen molar-refractivity contribution in [2.24, 2.45) is 0 Å². The van der Waals surface area contributed by atoms with Crippen LogP contribution in [0.2, 0.25) is 0 Å². The summed E-state index contributed by atoms with van der Waals surface area (Å²) in [6.07, 6.45) is 1.61. The summed E-state index contributed by atoms with van der Waals surface area (Å²) in [4.78, 5) is 11.4. The van der Waals surface area contributed by atoms with Crippen molar-refractivity contribution in [3.05, 3.63) is 23.8 Å². The number of carbonyl (C=O) groups is 1. The van der Waals surface area contributed by atoms with Crippen LogP contribution >= 0.6 is 0 Å². The van der Waals surface area contributed by atoms with Gasteiger partial charge in [-0.2, -0.15) is 0 Å². The van der Waals surface area contributed by atoms with Gasteiger partial charge in [0.05, 0.1) is 11.4 Å². The third-order valence-electron chi connectivity index (χ3n) is 2.44. The molecule has 0 fully saturated rings. The highest BCUT2D eigenvalue weighted by Crippen LogP contribution is 2.20. The number of hydrogen-bond acceptors (Lipinski definition) is 4. The molecule has 0 radical (unpaired) electrons. The first-order valence-corrected chi connectivity index (χ1v) is 5.65. The summed E-state index contributed by atoms with van der Waals surface area (Å²) in [7, 11) is 1.59. The number of nitrogen functional groups attached to an aromatic ring is 1. The summed E-state index contributed by atoms with van der Waals surface area (Å²) in [5.41, 5.74) is 7.74. The van der Waals surface area contributed by atoms with E-state index in [1.807, 2.05) is 0 Å². The normalized spacial score (nSPS) is 10.0. The molecule has 0 atom stereocenters. The summed E-state index contributed by atoms with van der Waals surface area (Å²) in [5, 5.41) is 14.4. The van der Waals surface area contributed by atoms with Crippen LogP contribution in [0.3, 0.4) is 0 Å². The fourth-order valence-electron chi connectivity index (χ4n) is 1.45. The second-order valence-electron chi connectivity index (χ2n) is 3.74. The first-order chi connectivity index (χ1) is 8.19. The van der Waals surface area contributed by atoms with Crippen molar-refractivity contribution in [1.29, 1.82) is 0 Å². The lowest BCUT2D eigenvalue weighted by molar-refractivity contribution is 0.0963. The molecule has 0 spiro atoms. The molecule has 1 rings (SSSR count). The molecule has 0 aromatic heterocycles. The van der Waals surface area contributed by atoms with E-state index in [0.29, 0.717) is 11.3 Å². The van der Waals surface area contributed by atoms with Gasteiger partial charge in [-0.3, -0.25) is 4.79 Å². The average molecular weight is 237 g/mol. The molecule has 0 aliphatic carbocycles. The van der Waals surface area contributed by atoms with Gasteiger partial charge < -0.3 is 21.5 Å². The maximum absolute atomic E-state index is 11.4. The molecule has 5 nitrogen and oxygen atoms in total. The van der Waals surface area contributed by atoms with Crippen LogP contribution in [-0.4, -0.2) is 31.2 Å². The Morgan fingerprint density at radius 1 is 1.41 bits per heavy atom. The Kier molecular flexibility index (Phi) is 5.29. The Bertz CT molecular complexity index is 380. The van der Waals surface area contributed by atoms with Crippen LogP contribution in [0.4, 0.5) is 11.4 Å². The first-order valence-electron chi connectivity index (χ1n) is 5.65. The summed E-state index contributed by atoms with van der Waals surface area (Å²) >= 11 is 0. The predicted molar refractivity (Wildman–Crippen MR) is 69.1 cm³/mol. The van der Waals surface area contributed by atoms with E-state index in [0.717, 1.165) is 25.1 Å². The van der Waals surface area contributed by atoms with Gasteiger partial charge >= 0.3 is 0 Å². The smallest absolute Gasteiger partial charge is 0.251 e. The first kappa shape index (κ1) is 13.3. The van der Waals surface area contributed by atoms with Crippen molar-refractivity contribution in [2.75, 3.05) is 31.2 Å². The number of aliphatic hydroxyl groups excluding tert-OH is 1. The molecule has 0 saturated carbocycles. The molecule has 17 heavy (non-hydrogen) atoms. The lowest BCUT2D eigenvalue weighted by Crippen LogP contribution is -2.18. The quantitative estimate of drug-likeness (QED) is 0.435. The highest BCUT2D eigenvalue weighted by molar-refractivity contribution is 5.96. The van der Waals surface area contributed by atoms with Crippen LogP contribution in [-0.2, 0) is 0 Å². The molecule has 0 aliphatic rings. The van der Waals surface area contributed by atoms with Crippen molar-refractivity contribution in [3.63, 3.8) is 0 Å². The Labute approximate surface area is 101 Å². The number of nitrogens with one attached hydrogen (secondary N) is 2. The average Bonchev–Trinajstić information content (AvgIpc) is 2.35. The number of carbonyl (C=O) groups excluding carboxylic acids is 1. The van der Waals surface area contributed by atoms with E-state index in [2.05, 4.69) is 10.6 Å². The number of anilines is 2. The van der Waals surface area contributed by atoms with E-state index >= 15 is 0 Å². The molecule has 1 amide bonds. The van der Waals surface area contributed by atoms with Crippen molar-refractivity contribution in [3.8, 4) is 0 Å². The number of nitrogens with two attached hydrogens (primary N) is 1. The van der Waals surface area contributed by atoms with Crippen LogP contribution in [0.1, 0.15) is 23.2 Å². The number of aliphatic hydroxyl groups is 1. The van der Waals surface area contributed by atoms with Gasteiger partial charge in [0.15, 0.2) is 0 Å². The molecule has 0 aliphatic heterocycles. The van der Waals surface area contributed by atoms with Gasteiger partial charge in [-0.05, 0) is 31.0 Å². The molecule has 5 N–H and O–H groups in total. The van der Waals surface area contributed by atoms with Gasteiger partial charge in [0.1, 0.15) is 0 Å². The lowest BCUT2D eigenvalue weighted by atomic mass is 10.1. The minimum absolute atomic E-state index is 0.136. The topological polar surface area (TPSA) is 87.4 Å². The number of unbranched alkanes of at least 4 members (excludes halogenated alkanes) is 1. The fraction of sp³-hybridized carbons (Fsp3) is 0.417. The van der Waals surface area contributed by atoms with Crippen molar-refractivity contribution < 1.29 is 9.90 Å². The third kappa shape index (κ3) is 3.96. The predicted octanol–water partition coefficient (Wildman–Crippen LogP) is 0.813. The minimum atomic E-state index is -0.136. The molecule has 0 heterocycles. The Hall–Kier alpha value is -1.75. The van der Waals surface area contributed by atoms with Crippen LogP contribution in [0.25, 0.3) is 0 Å². The number of benzene rings is 1. The monoisotopic (exact) mass is 237 g/mol. The number of rotatable bonds is 6. The van der Waals surface area contributed by atoms with Gasteiger partial charge in [0.25, 0.3) is 5.91 Å². The van der Waals surface area contributed by atoms with Gasteiger partial charge in [-0.15, -0.1) is 0 Å². The SMILES string of the molecule is CNC(=O)c1ccc(N)c(NCCCCO)c1. The summed E-state index contributed by atoms with van der Waals surface area (Å²) in [6.45, 7) is 0.914. The van der Waals surface area contributed by atoms with E-state index in [4.69, 9.17) is 10.8 Å². The molecule has 0 saturated heterocycles. The zero-order chi connectivity index (χ0) is 12.7. The van der Waals surface area contributed by atoms with E-state index in [1.165, 1.54) is 0 Å². The van der Waals surface area contributed by atoms with Crippen molar-refractivity contribution in [2.45, 2.75) is 12.8 Å². The van der Waals surface area contributed by atoms with Crippen LogP contribution in [0.15, 0.2) is 18.2 Å². The summed E-state index contributed by atoms with van der Waals surface area (Å²) in [6, 6.07) is 5.12. The van der Waals surface area contributed by atoms with E-state index in [1.54, 1.807) is 25.2 Å². The zero-order valence-corrected chi connectivity index (χ0v) is 9.99. The maximum atomic E-state index is 11.4. The Morgan fingerprint density at radius 3 is 2.82 bits per heavy atom. The third-order valence-corrected chi connectivity index (χ3v) is 2.44. The molecule has 1 aromatic carbocycles. The highest BCUT2D eigenvalue weighted by atomic mass is 16.2. The van der Waals surface area contributed by atoms with Crippen molar-refractivity contribution in [1.82, 2.24) is 5.32 Å². The molecule has 0 unspecified atom stereocenters. The van der Waals surface area contributed by atoms with E-state index < -0.39 is 0 Å². The highest BCUT2D eigenvalue weighted by Gasteiger charge is 2.06. The van der Waals surface area contributed by atoms with Crippen LogP contribution in [0.5, 0.6) is 0 Å². The molecule has 1 aromatic rings. The fourth-order valence-corrected chi connectivity index (χ4v) is 1.45. The second kappa shape index (κ2) is 6.75. The van der Waals surface area contributed by atoms with Gasteiger partial charge in [-0.25, -0.2) is 0 Å². The second-order valence-corrected chi connectivity index (χ2v) is 3.74. The lowest BCUT2D eigenvalue weighted by Gasteiger charge is -2.10. The molecular weight excluding hydrogens is 218 g/mol.